The molecule has 0 radical (unpaired) electrons. The Kier molecular flexibility index (Phi) is 4.89. The van der Waals surface area contributed by atoms with E-state index in [0.717, 1.165) is 30.9 Å². The highest BCUT2D eigenvalue weighted by Gasteiger charge is 2.17. The van der Waals surface area contributed by atoms with E-state index < -0.39 is 5.91 Å². The van der Waals surface area contributed by atoms with Crippen LogP contribution in [0.1, 0.15) is 29.9 Å². The molecule has 0 saturated heterocycles. The molecule has 2 aromatic rings. The zero-order chi connectivity index (χ0) is 15.2. The number of para-hydroxylation sites is 1. The summed E-state index contributed by atoms with van der Waals surface area (Å²) in [5.74, 6) is -0.450. The monoisotopic (exact) mass is 289 g/mol. The van der Waals surface area contributed by atoms with Crippen LogP contribution >= 0.6 is 0 Å². The smallest absolute Gasteiger partial charge is 0.281 e. The van der Waals surface area contributed by atoms with Crippen molar-refractivity contribution in [3.05, 3.63) is 35.5 Å². The van der Waals surface area contributed by atoms with Gasteiger partial charge in [0.25, 0.3) is 5.91 Å². The van der Waals surface area contributed by atoms with Crippen LogP contribution in [0, 0.1) is 0 Å². The van der Waals surface area contributed by atoms with Crippen molar-refractivity contribution in [1.82, 2.24) is 15.2 Å². The number of nitrogens with one attached hydrogen (secondary N) is 1. The molecule has 7 nitrogen and oxygen atoms in total. The maximum Gasteiger partial charge on any atom is 0.281 e. The fraction of sp³-hybridized carbons (Fsp3) is 0.357. The third-order valence-electron chi connectivity index (χ3n) is 3.28. The SMILES string of the molecule is CCN(CC)Cc1ccccc1NC(=O)c1nonc1N. The number of hydrogen-bond acceptors (Lipinski definition) is 6. The topological polar surface area (TPSA) is 97.3 Å². The Balaban J connectivity index is 2.17. The van der Waals surface area contributed by atoms with Crippen LogP contribution in [0.2, 0.25) is 0 Å². The molecule has 0 aliphatic rings. The summed E-state index contributed by atoms with van der Waals surface area (Å²) in [4.78, 5) is 14.4. The number of carbonyl (C=O) groups excluding carboxylic acids is 1. The zero-order valence-electron chi connectivity index (χ0n) is 12.2. The first-order chi connectivity index (χ1) is 10.2. The average molecular weight is 289 g/mol. The van der Waals surface area contributed by atoms with E-state index >= 15 is 0 Å². The first kappa shape index (κ1) is 15.0. The molecule has 0 fully saturated rings. The van der Waals surface area contributed by atoms with Crippen molar-refractivity contribution in [2.24, 2.45) is 0 Å². The van der Waals surface area contributed by atoms with Gasteiger partial charge in [0.1, 0.15) is 0 Å². The van der Waals surface area contributed by atoms with Crippen LogP contribution in [0.4, 0.5) is 11.5 Å². The standard InChI is InChI=1S/C14H19N5O2/c1-3-19(4-2)9-10-7-5-6-8-11(10)16-14(20)12-13(15)18-21-17-12/h5-8H,3-4,9H2,1-2H3,(H2,15,18)(H,16,20). The fourth-order valence-corrected chi connectivity index (χ4v) is 2.00. The molecule has 0 aliphatic carbocycles. The minimum Gasteiger partial charge on any atom is -0.379 e. The first-order valence-corrected chi connectivity index (χ1v) is 6.85. The van der Waals surface area contributed by atoms with E-state index in [9.17, 15) is 4.79 Å². The maximum absolute atomic E-state index is 12.1. The molecule has 7 heteroatoms. The highest BCUT2D eigenvalue weighted by atomic mass is 16.6. The summed E-state index contributed by atoms with van der Waals surface area (Å²) in [6.07, 6.45) is 0. The predicted octanol–water partition coefficient (Wildman–Crippen LogP) is 1.75. The van der Waals surface area contributed by atoms with Gasteiger partial charge in [-0.05, 0) is 35.0 Å². The average Bonchev–Trinajstić information content (AvgIpc) is 2.92. The minimum absolute atomic E-state index is 0.00681. The molecule has 112 valence electrons. The van der Waals surface area contributed by atoms with Crippen LogP contribution in [0.3, 0.4) is 0 Å². The van der Waals surface area contributed by atoms with Crippen molar-refractivity contribution in [3.63, 3.8) is 0 Å². The van der Waals surface area contributed by atoms with E-state index in [4.69, 9.17) is 5.73 Å². The van der Waals surface area contributed by atoms with Crippen LogP contribution in [0.15, 0.2) is 28.9 Å². The van der Waals surface area contributed by atoms with E-state index in [0.29, 0.717) is 0 Å². The number of aromatic nitrogens is 2. The second-order valence-corrected chi connectivity index (χ2v) is 4.57. The number of nitrogens with zero attached hydrogens (tertiary/aromatic N) is 3. The summed E-state index contributed by atoms with van der Waals surface area (Å²) < 4.78 is 4.44. The lowest BCUT2D eigenvalue weighted by molar-refractivity contribution is 0.101. The molecule has 0 saturated carbocycles. The largest absolute Gasteiger partial charge is 0.379 e. The van der Waals surface area contributed by atoms with E-state index in [1.165, 1.54) is 0 Å². The van der Waals surface area contributed by atoms with E-state index in [1.54, 1.807) is 0 Å². The molecule has 21 heavy (non-hydrogen) atoms. The number of benzene rings is 1. The number of amides is 1. The Bertz CT molecular complexity index is 607. The van der Waals surface area contributed by atoms with Crippen molar-refractivity contribution in [2.75, 3.05) is 24.1 Å². The summed E-state index contributed by atoms with van der Waals surface area (Å²) >= 11 is 0. The molecule has 0 unspecified atom stereocenters. The van der Waals surface area contributed by atoms with Crippen molar-refractivity contribution >= 4 is 17.4 Å². The maximum atomic E-state index is 12.1. The quantitative estimate of drug-likeness (QED) is 0.840. The van der Waals surface area contributed by atoms with Gasteiger partial charge in [0, 0.05) is 12.2 Å². The Hall–Kier alpha value is -2.41. The van der Waals surface area contributed by atoms with E-state index in [1.807, 2.05) is 24.3 Å². The zero-order valence-corrected chi connectivity index (χ0v) is 12.2. The normalized spacial score (nSPS) is 10.8. The Morgan fingerprint density at radius 1 is 1.29 bits per heavy atom. The third-order valence-corrected chi connectivity index (χ3v) is 3.28. The third kappa shape index (κ3) is 3.57. The lowest BCUT2D eigenvalue weighted by Crippen LogP contribution is -2.23. The van der Waals surface area contributed by atoms with Gasteiger partial charge in [-0.3, -0.25) is 9.69 Å². The van der Waals surface area contributed by atoms with Gasteiger partial charge in [0.2, 0.25) is 11.5 Å². The molecule has 0 aliphatic heterocycles. The molecule has 1 amide bonds. The molecular weight excluding hydrogens is 270 g/mol. The van der Waals surface area contributed by atoms with Crippen LogP contribution < -0.4 is 11.1 Å². The van der Waals surface area contributed by atoms with E-state index in [-0.39, 0.29) is 11.5 Å². The molecule has 3 N–H and O–H groups in total. The van der Waals surface area contributed by atoms with Crippen molar-refractivity contribution < 1.29 is 9.42 Å². The minimum atomic E-state index is -0.430. The molecule has 0 spiro atoms. The molecule has 1 aromatic carbocycles. The summed E-state index contributed by atoms with van der Waals surface area (Å²) in [7, 11) is 0. The van der Waals surface area contributed by atoms with Gasteiger partial charge in [-0.2, -0.15) is 0 Å². The van der Waals surface area contributed by atoms with Gasteiger partial charge >= 0.3 is 0 Å². The second-order valence-electron chi connectivity index (χ2n) is 4.57. The number of nitrogens with two attached hydrogens (primary N) is 1. The number of carbonyl (C=O) groups is 1. The number of hydrogen-bond donors (Lipinski definition) is 2. The fourth-order valence-electron chi connectivity index (χ4n) is 2.00. The van der Waals surface area contributed by atoms with Crippen molar-refractivity contribution in [2.45, 2.75) is 20.4 Å². The molecule has 1 aromatic heterocycles. The molecule has 2 rings (SSSR count). The van der Waals surface area contributed by atoms with Gasteiger partial charge in [0.05, 0.1) is 0 Å². The molecule has 0 atom stereocenters. The van der Waals surface area contributed by atoms with Gasteiger partial charge in [-0.1, -0.05) is 32.0 Å². The predicted molar refractivity (Wildman–Crippen MR) is 79.7 cm³/mol. The van der Waals surface area contributed by atoms with Crippen molar-refractivity contribution in [3.8, 4) is 0 Å². The van der Waals surface area contributed by atoms with Gasteiger partial charge in [0.15, 0.2) is 0 Å². The summed E-state index contributed by atoms with van der Waals surface area (Å²) in [6, 6.07) is 7.64. The summed E-state index contributed by atoms with van der Waals surface area (Å²) in [5, 5.41) is 9.70. The van der Waals surface area contributed by atoms with E-state index in [2.05, 4.69) is 39.0 Å². The molecule has 0 bridgehead atoms. The van der Waals surface area contributed by atoms with Gasteiger partial charge in [-0.15, -0.1) is 0 Å². The number of anilines is 2. The van der Waals surface area contributed by atoms with Gasteiger partial charge in [-0.25, -0.2) is 4.63 Å². The van der Waals surface area contributed by atoms with Crippen LogP contribution in [0.5, 0.6) is 0 Å². The van der Waals surface area contributed by atoms with Crippen molar-refractivity contribution in [1.29, 1.82) is 0 Å². The highest BCUT2D eigenvalue weighted by Crippen LogP contribution is 2.18. The Morgan fingerprint density at radius 3 is 2.62 bits per heavy atom. The van der Waals surface area contributed by atoms with Gasteiger partial charge < -0.3 is 11.1 Å². The highest BCUT2D eigenvalue weighted by molar-refractivity contribution is 6.05. The lowest BCUT2D eigenvalue weighted by Gasteiger charge is -2.20. The summed E-state index contributed by atoms with van der Waals surface area (Å²) in [5.41, 5.74) is 7.28. The van der Waals surface area contributed by atoms with Crippen LogP contribution in [-0.2, 0) is 6.54 Å². The Morgan fingerprint density at radius 2 is 2.00 bits per heavy atom. The molecular formula is C14H19N5O2. The Labute approximate surface area is 123 Å². The van der Waals surface area contributed by atoms with Crippen LogP contribution in [0.25, 0.3) is 0 Å². The molecule has 1 heterocycles. The number of rotatable bonds is 6. The van der Waals surface area contributed by atoms with Crippen LogP contribution in [-0.4, -0.2) is 34.2 Å². The number of nitrogen functional groups attached to an aromatic ring is 1. The lowest BCUT2D eigenvalue weighted by atomic mass is 10.1. The first-order valence-electron chi connectivity index (χ1n) is 6.85. The second kappa shape index (κ2) is 6.85. The summed E-state index contributed by atoms with van der Waals surface area (Å²) in [6.45, 7) is 6.85.